The molecule has 0 aromatic carbocycles. The summed E-state index contributed by atoms with van der Waals surface area (Å²) in [6.45, 7) is 7.99. The summed E-state index contributed by atoms with van der Waals surface area (Å²) in [5.74, 6) is -0.619. The van der Waals surface area contributed by atoms with Gasteiger partial charge in [0.25, 0.3) is 0 Å². The molecule has 2 N–H and O–H groups in total. The maximum Gasteiger partial charge on any atom is 0.325 e. The lowest BCUT2D eigenvalue weighted by Crippen LogP contribution is -2.44. The molecule has 98 valence electrons. The van der Waals surface area contributed by atoms with Crippen LogP contribution in [0.2, 0.25) is 0 Å². The predicted molar refractivity (Wildman–Crippen MR) is 65.5 cm³/mol. The molecule has 1 saturated carbocycles. The van der Waals surface area contributed by atoms with Gasteiger partial charge in [-0.15, -0.1) is 0 Å². The van der Waals surface area contributed by atoms with Gasteiger partial charge < -0.3 is 10.4 Å². The largest absolute Gasteiger partial charge is 0.480 e. The second kappa shape index (κ2) is 5.07. The molecular weight excluding hydrogens is 218 g/mol. The van der Waals surface area contributed by atoms with Gasteiger partial charge in [-0.3, -0.25) is 9.59 Å². The molecule has 4 heteroatoms. The molecule has 0 saturated heterocycles. The number of aliphatic carboxylic acids is 1. The minimum absolute atomic E-state index is 0.0458. The minimum atomic E-state index is -0.985. The van der Waals surface area contributed by atoms with Crippen LogP contribution in [0.4, 0.5) is 0 Å². The third-order valence-corrected chi connectivity index (χ3v) is 3.49. The van der Waals surface area contributed by atoms with Crippen molar-refractivity contribution in [3.63, 3.8) is 0 Å². The molecule has 0 aromatic heterocycles. The monoisotopic (exact) mass is 241 g/mol. The van der Waals surface area contributed by atoms with Gasteiger partial charge in [0.2, 0.25) is 5.91 Å². The van der Waals surface area contributed by atoms with Crippen molar-refractivity contribution in [2.45, 2.75) is 53.0 Å². The van der Waals surface area contributed by atoms with Gasteiger partial charge in [0, 0.05) is 5.92 Å². The Morgan fingerprint density at radius 3 is 2.41 bits per heavy atom. The van der Waals surface area contributed by atoms with E-state index in [0.29, 0.717) is 5.92 Å². The van der Waals surface area contributed by atoms with E-state index >= 15 is 0 Å². The van der Waals surface area contributed by atoms with E-state index in [1.54, 1.807) is 0 Å². The Bertz CT molecular complexity index is 312. The summed E-state index contributed by atoms with van der Waals surface area (Å²) in [5, 5.41) is 11.3. The summed E-state index contributed by atoms with van der Waals surface area (Å²) in [5.41, 5.74) is 0.173. The number of hydrogen-bond acceptors (Lipinski definition) is 2. The van der Waals surface area contributed by atoms with Crippen molar-refractivity contribution in [1.29, 1.82) is 0 Å². The van der Waals surface area contributed by atoms with Crippen LogP contribution >= 0.6 is 0 Å². The van der Waals surface area contributed by atoms with Crippen LogP contribution in [0.5, 0.6) is 0 Å². The fraction of sp³-hybridized carbons (Fsp3) is 0.846. The molecular formula is C13H23NO3. The molecule has 0 radical (unpaired) electrons. The number of carbonyl (C=O) groups is 2. The molecule has 3 atom stereocenters. The lowest BCUT2D eigenvalue weighted by Gasteiger charge is -2.38. The van der Waals surface area contributed by atoms with Gasteiger partial charge in [0.1, 0.15) is 6.04 Å². The van der Waals surface area contributed by atoms with Crippen LogP contribution in [0.25, 0.3) is 0 Å². The summed E-state index contributed by atoms with van der Waals surface area (Å²) in [4.78, 5) is 22.7. The average molecular weight is 241 g/mol. The Hall–Kier alpha value is -1.06. The molecule has 2 unspecified atom stereocenters. The van der Waals surface area contributed by atoms with Crippen LogP contribution in [0, 0.1) is 17.3 Å². The Morgan fingerprint density at radius 2 is 1.94 bits per heavy atom. The topological polar surface area (TPSA) is 66.4 Å². The smallest absolute Gasteiger partial charge is 0.325 e. The van der Waals surface area contributed by atoms with Gasteiger partial charge in [-0.25, -0.2) is 0 Å². The van der Waals surface area contributed by atoms with E-state index in [4.69, 9.17) is 5.11 Å². The lowest BCUT2D eigenvalue weighted by atomic mass is 9.68. The second-order valence-corrected chi connectivity index (χ2v) is 6.18. The zero-order valence-corrected chi connectivity index (χ0v) is 11.1. The fourth-order valence-electron chi connectivity index (χ4n) is 2.94. The first-order valence-electron chi connectivity index (χ1n) is 6.24. The molecule has 17 heavy (non-hydrogen) atoms. The van der Waals surface area contributed by atoms with E-state index in [2.05, 4.69) is 26.1 Å². The maximum atomic E-state index is 12.0. The number of carboxylic acid groups (broad SMARTS) is 1. The molecule has 1 fully saturated rings. The zero-order valence-electron chi connectivity index (χ0n) is 11.1. The third kappa shape index (κ3) is 4.02. The summed E-state index contributed by atoms with van der Waals surface area (Å²) in [7, 11) is 0. The van der Waals surface area contributed by atoms with Gasteiger partial charge in [-0.1, -0.05) is 20.8 Å². The third-order valence-electron chi connectivity index (χ3n) is 3.49. The molecule has 1 aliphatic rings. The van der Waals surface area contributed by atoms with E-state index in [0.717, 1.165) is 19.3 Å². The Kier molecular flexibility index (Phi) is 4.17. The van der Waals surface area contributed by atoms with Gasteiger partial charge in [-0.2, -0.15) is 0 Å². The molecule has 0 spiro atoms. The highest BCUT2D eigenvalue weighted by atomic mass is 16.4. The first kappa shape index (κ1) is 14.0. The Balaban J connectivity index is 2.60. The standard InChI is InChI=1S/C13H23NO3/c1-8-5-10(7-13(3,4)6-8)11(15)14-9(2)12(16)17/h8-10H,5-7H2,1-4H3,(H,14,15)(H,16,17)/t8?,9-,10?/m1/s1. The van der Waals surface area contributed by atoms with Crippen molar-refractivity contribution in [3.8, 4) is 0 Å². The van der Waals surface area contributed by atoms with Crippen molar-refractivity contribution in [2.24, 2.45) is 17.3 Å². The number of rotatable bonds is 3. The van der Waals surface area contributed by atoms with Crippen LogP contribution in [-0.4, -0.2) is 23.0 Å². The van der Waals surface area contributed by atoms with E-state index in [-0.39, 0.29) is 17.2 Å². The van der Waals surface area contributed by atoms with E-state index < -0.39 is 12.0 Å². The van der Waals surface area contributed by atoms with Crippen LogP contribution in [0.1, 0.15) is 47.0 Å². The SMILES string of the molecule is CC1CC(C(=O)N[C@H](C)C(=O)O)CC(C)(C)C1. The molecule has 1 amide bonds. The van der Waals surface area contributed by atoms with Gasteiger partial charge in [-0.05, 0) is 37.5 Å². The quantitative estimate of drug-likeness (QED) is 0.794. The molecule has 0 bridgehead atoms. The first-order valence-corrected chi connectivity index (χ1v) is 6.24. The van der Waals surface area contributed by atoms with E-state index in [9.17, 15) is 9.59 Å². The highest BCUT2D eigenvalue weighted by Crippen LogP contribution is 2.41. The van der Waals surface area contributed by atoms with Crippen LogP contribution in [-0.2, 0) is 9.59 Å². The number of carbonyl (C=O) groups excluding carboxylic acids is 1. The maximum absolute atomic E-state index is 12.0. The van der Waals surface area contributed by atoms with Crippen molar-refractivity contribution in [1.82, 2.24) is 5.32 Å². The second-order valence-electron chi connectivity index (χ2n) is 6.18. The zero-order chi connectivity index (χ0) is 13.2. The lowest BCUT2D eigenvalue weighted by molar-refractivity contribution is -0.142. The highest BCUT2D eigenvalue weighted by molar-refractivity contribution is 5.84. The predicted octanol–water partition coefficient (Wildman–Crippen LogP) is 2.04. The van der Waals surface area contributed by atoms with Crippen molar-refractivity contribution < 1.29 is 14.7 Å². The molecule has 0 aliphatic heterocycles. The van der Waals surface area contributed by atoms with E-state index in [1.165, 1.54) is 6.92 Å². The Morgan fingerprint density at radius 1 is 1.35 bits per heavy atom. The molecule has 1 aliphatic carbocycles. The normalized spacial score (nSPS) is 29.4. The van der Waals surface area contributed by atoms with E-state index in [1.807, 2.05) is 0 Å². The number of carboxylic acids is 1. The number of hydrogen-bond donors (Lipinski definition) is 2. The van der Waals surface area contributed by atoms with Crippen LogP contribution in [0.15, 0.2) is 0 Å². The van der Waals surface area contributed by atoms with Gasteiger partial charge in [0.05, 0.1) is 0 Å². The molecule has 0 heterocycles. The summed E-state index contributed by atoms with van der Waals surface area (Å²) < 4.78 is 0. The Labute approximate surface area is 103 Å². The van der Waals surface area contributed by atoms with Crippen molar-refractivity contribution >= 4 is 11.9 Å². The highest BCUT2D eigenvalue weighted by Gasteiger charge is 2.36. The summed E-state index contributed by atoms with van der Waals surface area (Å²) in [6.07, 6.45) is 2.84. The molecule has 1 rings (SSSR count). The van der Waals surface area contributed by atoms with Crippen LogP contribution < -0.4 is 5.32 Å². The first-order chi connectivity index (χ1) is 7.71. The molecule has 4 nitrogen and oxygen atoms in total. The molecule has 0 aromatic rings. The summed E-state index contributed by atoms with van der Waals surface area (Å²) >= 11 is 0. The average Bonchev–Trinajstić information content (AvgIpc) is 2.13. The van der Waals surface area contributed by atoms with Gasteiger partial charge >= 0.3 is 5.97 Å². The van der Waals surface area contributed by atoms with Crippen LogP contribution in [0.3, 0.4) is 0 Å². The van der Waals surface area contributed by atoms with Crippen molar-refractivity contribution in [3.05, 3.63) is 0 Å². The number of amides is 1. The minimum Gasteiger partial charge on any atom is -0.480 e. The fourth-order valence-corrected chi connectivity index (χ4v) is 2.94. The summed E-state index contributed by atoms with van der Waals surface area (Å²) in [6, 6.07) is -0.803. The van der Waals surface area contributed by atoms with Gasteiger partial charge in [0.15, 0.2) is 0 Å². The number of nitrogens with one attached hydrogen (secondary N) is 1. The van der Waals surface area contributed by atoms with Crippen molar-refractivity contribution in [2.75, 3.05) is 0 Å².